The second kappa shape index (κ2) is 6.59. The first kappa shape index (κ1) is 16.7. The van der Waals surface area contributed by atoms with Gasteiger partial charge in [0.05, 0.1) is 6.42 Å². The molecule has 0 bridgehead atoms. The summed E-state index contributed by atoms with van der Waals surface area (Å²) in [5, 5.41) is 2.86. The molecule has 0 radical (unpaired) electrons. The van der Waals surface area contributed by atoms with Crippen LogP contribution in [0.15, 0.2) is 0 Å². The summed E-state index contributed by atoms with van der Waals surface area (Å²) in [6.45, 7) is 8.39. The van der Waals surface area contributed by atoms with Crippen LogP contribution in [0.3, 0.4) is 0 Å². The zero-order valence-electron chi connectivity index (χ0n) is 11.2. The van der Waals surface area contributed by atoms with Crippen molar-refractivity contribution in [1.29, 1.82) is 0 Å². The predicted octanol–water partition coefficient (Wildman–Crippen LogP) is 3.07. The summed E-state index contributed by atoms with van der Waals surface area (Å²) in [4.78, 5) is 0. The van der Waals surface area contributed by atoms with Gasteiger partial charge >= 0.3 is 6.18 Å². The molecule has 17 heavy (non-hydrogen) atoms. The molecular weight excluding hydrogens is 229 g/mol. The molecule has 3 N–H and O–H groups in total. The highest BCUT2D eigenvalue weighted by atomic mass is 19.4. The molecule has 104 valence electrons. The van der Waals surface area contributed by atoms with E-state index in [-0.39, 0.29) is 11.5 Å². The minimum absolute atomic E-state index is 0.0422. The highest BCUT2D eigenvalue weighted by Crippen LogP contribution is 2.22. The van der Waals surface area contributed by atoms with Crippen molar-refractivity contribution in [2.45, 2.75) is 65.2 Å². The monoisotopic (exact) mass is 254 g/mol. The Morgan fingerprint density at radius 2 is 1.65 bits per heavy atom. The first-order valence-electron chi connectivity index (χ1n) is 6.05. The van der Waals surface area contributed by atoms with Crippen molar-refractivity contribution >= 4 is 0 Å². The Morgan fingerprint density at radius 3 is 2.06 bits per heavy atom. The van der Waals surface area contributed by atoms with Crippen molar-refractivity contribution < 1.29 is 13.2 Å². The molecule has 5 heteroatoms. The fourth-order valence-electron chi connectivity index (χ4n) is 1.82. The molecule has 0 aliphatic heterocycles. The van der Waals surface area contributed by atoms with E-state index in [0.29, 0.717) is 13.0 Å². The average molecular weight is 254 g/mol. The van der Waals surface area contributed by atoms with E-state index in [4.69, 9.17) is 5.73 Å². The molecule has 0 aromatic carbocycles. The number of alkyl halides is 3. The van der Waals surface area contributed by atoms with Crippen LogP contribution in [-0.4, -0.2) is 24.8 Å². The summed E-state index contributed by atoms with van der Waals surface area (Å²) in [6.07, 6.45) is -3.30. The van der Waals surface area contributed by atoms with E-state index < -0.39 is 18.6 Å². The van der Waals surface area contributed by atoms with Crippen LogP contribution in [0.1, 0.15) is 47.0 Å². The van der Waals surface area contributed by atoms with E-state index >= 15 is 0 Å². The maximum atomic E-state index is 12.0. The van der Waals surface area contributed by atoms with Crippen LogP contribution in [0.25, 0.3) is 0 Å². The van der Waals surface area contributed by atoms with E-state index in [2.05, 4.69) is 26.1 Å². The smallest absolute Gasteiger partial charge is 0.328 e. The van der Waals surface area contributed by atoms with Crippen LogP contribution >= 0.6 is 0 Å². The third-order valence-corrected chi connectivity index (χ3v) is 2.42. The normalized spacial score (nSPS) is 16.9. The molecular formula is C12H25F3N2. The van der Waals surface area contributed by atoms with Gasteiger partial charge in [0, 0.05) is 12.1 Å². The zero-order valence-corrected chi connectivity index (χ0v) is 11.2. The van der Waals surface area contributed by atoms with Crippen LogP contribution in [0, 0.1) is 5.41 Å². The van der Waals surface area contributed by atoms with Gasteiger partial charge in [-0.05, 0) is 31.7 Å². The van der Waals surface area contributed by atoms with Crippen LogP contribution in [0.2, 0.25) is 0 Å². The summed E-state index contributed by atoms with van der Waals surface area (Å²) in [5.41, 5.74) is 6.07. The number of nitrogens with one attached hydrogen (secondary N) is 1. The molecule has 0 amide bonds. The Kier molecular flexibility index (Phi) is 6.48. The molecule has 0 aromatic heterocycles. The number of nitrogens with two attached hydrogens (primary N) is 1. The van der Waals surface area contributed by atoms with E-state index in [1.165, 1.54) is 0 Å². The van der Waals surface area contributed by atoms with Crippen molar-refractivity contribution in [3.05, 3.63) is 0 Å². The molecule has 0 saturated carbocycles. The molecule has 0 heterocycles. The first-order valence-corrected chi connectivity index (χ1v) is 6.05. The molecule has 0 saturated heterocycles. The van der Waals surface area contributed by atoms with Crippen LogP contribution < -0.4 is 11.1 Å². The maximum Gasteiger partial charge on any atom is 0.390 e. The number of rotatable bonds is 6. The summed E-state index contributed by atoms with van der Waals surface area (Å²) in [6, 6.07) is -0.502. The second-order valence-corrected chi connectivity index (χ2v) is 5.99. The fraction of sp³-hybridized carbons (Fsp3) is 1.00. The van der Waals surface area contributed by atoms with Crippen molar-refractivity contribution in [3.8, 4) is 0 Å². The van der Waals surface area contributed by atoms with E-state index in [1.807, 2.05) is 0 Å². The Balaban J connectivity index is 3.70. The van der Waals surface area contributed by atoms with Crippen LogP contribution in [0.4, 0.5) is 13.2 Å². The van der Waals surface area contributed by atoms with Gasteiger partial charge in [0.15, 0.2) is 0 Å². The highest BCUT2D eigenvalue weighted by molar-refractivity contribution is 4.73. The third-order valence-electron chi connectivity index (χ3n) is 2.42. The van der Waals surface area contributed by atoms with Crippen molar-refractivity contribution in [1.82, 2.24) is 5.32 Å². The third kappa shape index (κ3) is 12.0. The maximum absolute atomic E-state index is 12.0. The van der Waals surface area contributed by atoms with Gasteiger partial charge in [-0.2, -0.15) is 13.2 Å². The Morgan fingerprint density at radius 1 is 1.12 bits per heavy atom. The molecule has 0 aliphatic carbocycles. The molecule has 0 aromatic rings. The van der Waals surface area contributed by atoms with Gasteiger partial charge in [0.2, 0.25) is 0 Å². The van der Waals surface area contributed by atoms with Gasteiger partial charge in [-0.3, -0.25) is 0 Å². The molecule has 2 unspecified atom stereocenters. The van der Waals surface area contributed by atoms with E-state index in [1.54, 1.807) is 6.92 Å². The first-order chi connectivity index (χ1) is 7.49. The summed E-state index contributed by atoms with van der Waals surface area (Å²) in [7, 11) is 0. The van der Waals surface area contributed by atoms with Crippen molar-refractivity contribution in [2.75, 3.05) is 6.54 Å². The molecule has 0 spiro atoms. The molecule has 0 rings (SSSR count). The minimum atomic E-state index is -4.10. The summed E-state index contributed by atoms with van der Waals surface area (Å²) >= 11 is 0. The van der Waals surface area contributed by atoms with Crippen molar-refractivity contribution in [3.63, 3.8) is 0 Å². The fourth-order valence-corrected chi connectivity index (χ4v) is 1.82. The Bertz CT molecular complexity index is 187. The number of hydrogen-bond donors (Lipinski definition) is 2. The zero-order chi connectivity index (χ0) is 13.7. The van der Waals surface area contributed by atoms with Gasteiger partial charge in [-0.25, -0.2) is 0 Å². The van der Waals surface area contributed by atoms with E-state index in [9.17, 15) is 13.2 Å². The quantitative estimate of drug-likeness (QED) is 0.764. The van der Waals surface area contributed by atoms with Gasteiger partial charge in [-0.1, -0.05) is 20.8 Å². The standard InChI is InChI=1S/C12H25F3N2/c1-9(7-12(13,14)15)17-6-5-10(16)8-11(2,3)4/h9-10,17H,5-8,16H2,1-4H3. The molecule has 0 aliphatic rings. The molecule has 2 nitrogen and oxygen atoms in total. The van der Waals surface area contributed by atoms with Crippen LogP contribution in [-0.2, 0) is 0 Å². The lowest BCUT2D eigenvalue weighted by molar-refractivity contribution is -0.139. The Hall–Kier alpha value is -0.290. The van der Waals surface area contributed by atoms with Gasteiger partial charge in [0.1, 0.15) is 0 Å². The predicted molar refractivity (Wildman–Crippen MR) is 64.8 cm³/mol. The van der Waals surface area contributed by atoms with Gasteiger partial charge in [0.25, 0.3) is 0 Å². The topological polar surface area (TPSA) is 38.0 Å². The number of hydrogen-bond acceptors (Lipinski definition) is 2. The lowest BCUT2D eigenvalue weighted by Gasteiger charge is -2.24. The minimum Gasteiger partial charge on any atom is -0.328 e. The van der Waals surface area contributed by atoms with Crippen LogP contribution in [0.5, 0.6) is 0 Å². The SMILES string of the molecule is CC(CC(F)(F)F)NCCC(N)CC(C)(C)C. The summed E-state index contributed by atoms with van der Waals surface area (Å²) in [5.74, 6) is 0. The molecule has 2 atom stereocenters. The number of halogens is 3. The average Bonchev–Trinajstić information content (AvgIpc) is 1.95. The van der Waals surface area contributed by atoms with Gasteiger partial charge in [-0.15, -0.1) is 0 Å². The van der Waals surface area contributed by atoms with Gasteiger partial charge < -0.3 is 11.1 Å². The lowest BCUT2D eigenvalue weighted by Crippen LogP contribution is -2.35. The largest absolute Gasteiger partial charge is 0.390 e. The summed E-state index contributed by atoms with van der Waals surface area (Å²) < 4.78 is 36.1. The van der Waals surface area contributed by atoms with E-state index in [0.717, 1.165) is 6.42 Å². The Labute approximate surface area is 102 Å². The lowest BCUT2D eigenvalue weighted by atomic mass is 9.87. The molecule has 0 fully saturated rings. The highest BCUT2D eigenvalue weighted by Gasteiger charge is 2.29. The van der Waals surface area contributed by atoms with Crippen molar-refractivity contribution in [2.24, 2.45) is 11.1 Å². The second-order valence-electron chi connectivity index (χ2n) is 5.99.